The van der Waals surface area contributed by atoms with Crippen molar-refractivity contribution < 1.29 is 4.79 Å². The van der Waals surface area contributed by atoms with Crippen molar-refractivity contribution in [2.75, 3.05) is 16.4 Å². The van der Waals surface area contributed by atoms with Crippen LogP contribution >= 0.6 is 22.7 Å². The minimum Gasteiger partial charge on any atom is -0.382 e. The maximum absolute atomic E-state index is 12.3. The topological polar surface area (TPSA) is 92.9 Å². The maximum Gasteiger partial charge on any atom is 0.271 e. The number of rotatable bonds is 5. The van der Waals surface area contributed by atoms with Crippen LogP contribution in [0.5, 0.6) is 0 Å². The van der Waals surface area contributed by atoms with Gasteiger partial charge in [-0.2, -0.15) is 0 Å². The van der Waals surface area contributed by atoms with E-state index in [1.54, 1.807) is 0 Å². The van der Waals surface area contributed by atoms with Crippen LogP contribution in [0.25, 0.3) is 0 Å². The van der Waals surface area contributed by atoms with E-state index in [1.807, 2.05) is 5.38 Å². The summed E-state index contributed by atoms with van der Waals surface area (Å²) in [6.07, 6.45) is 4.72. The number of carbonyl (C=O) groups excluding carboxylic acids is 1. The van der Waals surface area contributed by atoms with Gasteiger partial charge in [0.05, 0.1) is 5.69 Å². The molecule has 2 fully saturated rings. The van der Waals surface area contributed by atoms with E-state index in [2.05, 4.69) is 20.6 Å². The van der Waals surface area contributed by atoms with Crippen LogP contribution < -0.4 is 16.4 Å². The standard InChI is InChI=1S/C13H15N5OS2/c14-10-9(21-13(17-10)15-7-3-4-7)11(19)18-12-16-8(5-20-12)6-1-2-6/h5-7H,1-4,14H2,(H,15,17)(H,16,18,19). The van der Waals surface area contributed by atoms with Crippen molar-refractivity contribution in [1.29, 1.82) is 0 Å². The monoisotopic (exact) mass is 321 g/mol. The first-order chi connectivity index (χ1) is 10.2. The number of amides is 1. The molecule has 4 rings (SSSR count). The van der Waals surface area contributed by atoms with Crippen LogP contribution in [0.1, 0.15) is 47.0 Å². The largest absolute Gasteiger partial charge is 0.382 e. The lowest BCUT2D eigenvalue weighted by Crippen LogP contribution is -2.12. The first-order valence-corrected chi connectivity index (χ1v) is 8.68. The van der Waals surface area contributed by atoms with Crippen molar-refractivity contribution in [3.05, 3.63) is 16.0 Å². The van der Waals surface area contributed by atoms with Crippen LogP contribution in [0.2, 0.25) is 0 Å². The molecule has 0 aliphatic heterocycles. The van der Waals surface area contributed by atoms with Crippen LogP contribution in [-0.4, -0.2) is 21.9 Å². The second-order valence-corrected chi connectivity index (χ2v) is 7.32. The Bertz CT molecular complexity index is 687. The number of carbonyl (C=O) groups is 1. The Morgan fingerprint density at radius 1 is 1.24 bits per heavy atom. The summed E-state index contributed by atoms with van der Waals surface area (Å²) in [5, 5.41) is 9.44. The van der Waals surface area contributed by atoms with Gasteiger partial charge in [0.25, 0.3) is 5.91 Å². The summed E-state index contributed by atoms with van der Waals surface area (Å²) in [6.45, 7) is 0. The molecule has 2 heterocycles. The molecule has 1 amide bonds. The summed E-state index contributed by atoms with van der Waals surface area (Å²) < 4.78 is 0. The smallest absolute Gasteiger partial charge is 0.271 e. The summed E-state index contributed by atoms with van der Waals surface area (Å²) in [7, 11) is 0. The number of thiazole rings is 2. The van der Waals surface area contributed by atoms with E-state index >= 15 is 0 Å². The van der Waals surface area contributed by atoms with Crippen molar-refractivity contribution in [2.24, 2.45) is 0 Å². The van der Waals surface area contributed by atoms with Crippen molar-refractivity contribution in [2.45, 2.75) is 37.6 Å². The fourth-order valence-corrected chi connectivity index (χ4v) is 3.67. The van der Waals surface area contributed by atoms with E-state index in [4.69, 9.17) is 5.73 Å². The molecule has 0 radical (unpaired) electrons. The van der Waals surface area contributed by atoms with Crippen molar-refractivity contribution in [3.8, 4) is 0 Å². The molecule has 0 unspecified atom stereocenters. The zero-order valence-electron chi connectivity index (χ0n) is 11.3. The number of aromatic nitrogens is 2. The van der Waals surface area contributed by atoms with Crippen LogP contribution in [0.3, 0.4) is 0 Å². The number of nitrogens with two attached hydrogens (primary N) is 1. The van der Waals surface area contributed by atoms with Crippen molar-refractivity contribution in [1.82, 2.24) is 9.97 Å². The SMILES string of the molecule is Nc1nc(NC2CC2)sc1C(=O)Nc1nc(C2CC2)cs1. The predicted molar refractivity (Wildman–Crippen MR) is 85.2 cm³/mol. The summed E-state index contributed by atoms with van der Waals surface area (Å²) in [5.74, 6) is 0.639. The lowest BCUT2D eigenvalue weighted by Gasteiger charge is -1.99. The molecule has 110 valence electrons. The normalized spacial score (nSPS) is 17.7. The molecule has 21 heavy (non-hydrogen) atoms. The minimum atomic E-state index is -0.231. The summed E-state index contributed by atoms with van der Waals surface area (Å²) in [5.41, 5.74) is 6.92. The Hall–Kier alpha value is -1.67. The Morgan fingerprint density at radius 2 is 2.05 bits per heavy atom. The molecule has 0 aromatic carbocycles. The van der Waals surface area contributed by atoms with Gasteiger partial charge in [0, 0.05) is 17.3 Å². The summed E-state index contributed by atoms with van der Waals surface area (Å²) in [4.78, 5) is 21.4. The van der Waals surface area contributed by atoms with E-state index in [9.17, 15) is 4.79 Å². The van der Waals surface area contributed by atoms with Gasteiger partial charge in [-0.1, -0.05) is 11.3 Å². The fraction of sp³-hybridized carbons (Fsp3) is 0.462. The Labute approximate surface area is 129 Å². The quantitative estimate of drug-likeness (QED) is 0.787. The highest BCUT2D eigenvalue weighted by Gasteiger charge is 2.27. The molecule has 0 saturated heterocycles. The molecule has 0 atom stereocenters. The van der Waals surface area contributed by atoms with E-state index < -0.39 is 0 Å². The highest BCUT2D eigenvalue weighted by Crippen LogP contribution is 2.41. The zero-order chi connectivity index (χ0) is 14.4. The van der Waals surface area contributed by atoms with Gasteiger partial charge < -0.3 is 11.1 Å². The Kier molecular flexibility index (Phi) is 3.07. The number of hydrogen-bond donors (Lipinski definition) is 3. The highest BCUT2D eigenvalue weighted by atomic mass is 32.1. The van der Waals surface area contributed by atoms with Gasteiger partial charge >= 0.3 is 0 Å². The van der Waals surface area contributed by atoms with Gasteiger partial charge in [-0.25, -0.2) is 9.97 Å². The third kappa shape index (κ3) is 2.86. The maximum atomic E-state index is 12.3. The highest BCUT2D eigenvalue weighted by molar-refractivity contribution is 7.18. The molecule has 4 N–H and O–H groups in total. The summed E-state index contributed by atoms with van der Waals surface area (Å²) >= 11 is 2.76. The van der Waals surface area contributed by atoms with Crippen molar-refractivity contribution >= 4 is 44.7 Å². The van der Waals surface area contributed by atoms with Crippen LogP contribution in [0.4, 0.5) is 16.1 Å². The molecule has 2 aromatic rings. The lowest BCUT2D eigenvalue weighted by molar-refractivity contribution is 0.103. The second kappa shape index (κ2) is 4.96. The molecule has 8 heteroatoms. The first kappa shape index (κ1) is 13.0. The third-order valence-electron chi connectivity index (χ3n) is 3.50. The van der Waals surface area contributed by atoms with E-state index in [1.165, 1.54) is 35.5 Å². The molecule has 2 aromatic heterocycles. The fourth-order valence-electron chi connectivity index (χ4n) is 2.02. The number of nitrogens with zero attached hydrogens (tertiary/aromatic N) is 2. The van der Waals surface area contributed by atoms with Gasteiger partial charge in [0.15, 0.2) is 10.3 Å². The third-order valence-corrected chi connectivity index (χ3v) is 5.28. The van der Waals surface area contributed by atoms with Crippen LogP contribution in [-0.2, 0) is 0 Å². The number of nitrogens with one attached hydrogen (secondary N) is 2. The average Bonchev–Trinajstić information content (AvgIpc) is 3.36. The Balaban J connectivity index is 1.46. The van der Waals surface area contributed by atoms with Gasteiger partial charge in [-0.05, 0) is 25.7 Å². The van der Waals surface area contributed by atoms with Gasteiger partial charge in [-0.3, -0.25) is 10.1 Å². The molecule has 2 saturated carbocycles. The molecule has 0 spiro atoms. The van der Waals surface area contributed by atoms with Crippen LogP contribution in [0.15, 0.2) is 5.38 Å². The van der Waals surface area contributed by atoms with E-state index in [0.717, 1.165) is 23.7 Å². The van der Waals surface area contributed by atoms with Gasteiger partial charge in [-0.15, -0.1) is 11.3 Å². The first-order valence-electron chi connectivity index (χ1n) is 6.98. The number of hydrogen-bond acceptors (Lipinski definition) is 7. The van der Waals surface area contributed by atoms with Gasteiger partial charge in [0.1, 0.15) is 10.7 Å². The molecule has 2 aliphatic carbocycles. The Morgan fingerprint density at radius 3 is 2.76 bits per heavy atom. The molecular formula is C13H15N5OS2. The molecule has 6 nitrogen and oxygen atoms in total. The van der Waals surface area contributed by atoms with Gasteiger partial charge in [0.2, 0.25) is 0 Å². The van der Waals surface area contributed by atoms with E-state index in [-0.39, 0.29) is 11.7 Å². The predicted octanol–water partition coefficient (Wildman–Crippen LogP) is 2.89. The van der Waals surface area contributed by atoms with E-state index in [0.29, 0.717) is 22.0 Å². The molecular weight excluding hydrogens is 306 g/mol. The lowest BCUT2D eigenvalue weighted by atomic mass is 10.3. The molecule has 0 bridgehead atoms. The number of nitrogen functional groups attached to an aromatic ring is 1. The minimum absolute atomic E-state index is 0.231. The molecule has 2 aliphatic rings. The zero-order valence-corrected chi connectivity index (χ0v) is 12.9. The van der Waals surface area contributed by atoms with Crippen molar-refractivity contribution in [3.63, 3.8) is 0 Å². The average molecular weight is 321 g/mol. The van der Waals surface area contributed by atoms with Crippen LogP contribution in [0, 0.1) is 0 Å². The summed E-state index contributed by atoms with van der Waals surface area (Å²) in [6, 6.07) is 0.492. The number of anilines is 3. The second-order valence-electron chi connectivity index (χ2n) is 5.46.